The summed E-state index contributed by atoms with van der Waals surface area (Å²) in [5, 5.41) is 9.52. The number of fused-ring (bicyclic) bond motifs is 4. The lowest BCUT2D eigenvalue weighted by molar-refractivity contribution is -0.145. The third kappa shape index (κ3) is 5.80. The topological polar surface area (TPSA) is 60.9 Å². The van der Waals surface area contributed by atoms with Gasteiger partial charge in [-0.25, -0.2) is 0 Å². The Balaban J connectivity index is 1.47. The van der Waals surface area contributed by atoms with Gasteiger partial charge in [0.15, 0.2) is 0 Å². The first-order valence-corrected chi connectivity index (χ1v) is 10.2. The Labute approximate surface area is 162 Å². The molecule has 1 atom stereocenters. The van der Waals surface area contributed by atoms with Gasteiger partial charge >= 0.3 is 5.97 Å². The molecule has 1 aromatic carbocycles. The molecule has 0 radical (unpaired) electrons. The molecule has 2 bridgehead atoms. The molecule has 148 valence electrons. The third-order valence-corrected chi connectivity index (χ3v) is 6.27. The van der Waals surface area contributed by atoms with Gasteiger partial charge in [0.05, 0.1) is 5.92 Å². The van der Waals surface area contributed by atoms with E-state index in [1.165, 1.54) is 25.7 Å². The molecule has 2 saturated heterocycles. The van der Waals surface area contributed by atoms with Crippen LogP contribution in [0.1, 0.15) is 37.7 Å². The van der Waals surface area contributed by atoms with E-state index in [9.17, 15) is 14.7 Å². The summed E-state index contributed by atoms with van der Waals surface area (Å²) in [5.41, 5.74) is 0.959. The molecule has 1 N–H and O–H groups in total. The molecule has 0 aromatic heterocycles. The minimum atomic E-state index is -0.898. The lowest BCUT2D eigenvalue weighted by Gasteiger charge is -2.26. The Morgan fingerprint density at radius 3 is 2.26 bits per heavy atom. The van der Waals surface area contributed by atoms with E-state index in [0.29, 0.717) is 13.0 Å². The van der Waals surface area contributed by atoms with Crippen molar-refractivity contribution in [3.63, 3.8) is 0 Å². The van der Waals surface area contributed by atoms with Crippen molar-refractivity contribution in [2.24, 2.45) is 17.8 Å². The van der Waals surface area contributed by atoms with Crippen LogP contribution in [0.3, 0.4) is 0 Å². The number of hydrogen-bond donors (Lipinski definition) is 1. The van der Waals surface area contributed by atoms with Gasteiger partial charge in [0, 0.05) is 39.6 Å². The summed E-state index contributed by atoms with van der Waals surface area (Å²) in [6.45, 7) is 3.89. The standard InChI is InChI=1S/C22H32N2O3/c1-23(11-12-24-15-18-7-8-19(16-24)10-9-18)21(25)14-20(22(26)27)13-17-5-3-2-4-6-17/h2-6,18-20H,7-16H2,1H3,(H,26,27)/t18?,19?,20-/m1/s1. The smallest absolute Gasteiger partial charge is 0.307 e. The normalized spacial score (nSPS) is 23.6. The fourth-order valence-electron chi connectivity index (χ4n) is 4.51. The number of aliphatic carboxylic acids is 1. The Kier molecular flexibility index (Phi) is 6.89. The van der Waals surface area contributed by atoms with Crippen LogP contribution < -0.4 is 0 Å². The number of nitrogens with zero attached hydrogens (tertiary/aromatic N) is 2. The molecule has 1 amide bonds. The molecule has 27 heavy (non-hydrogen) atoms. The van der Waals surface area contributed by atoms with Crippen LogP contribution in [0.15, 0.2) is 30.3 Å². The van der Waals surface area contributed by atoms with Gasteiger partial charge in [-0.3, -0.25) is 9.59 Å². The average molecular weight is 373 g/mol. The lowest BCUT2D eigenvalue weighted by Crippen LogP contribution is -2.39. The highest BCUT2D eigenvalue weighted by molar-refractivity contribution is 5.82. The largest absolute Gasteiger partial charge is 0.481 e. The maximum absolute atomic E-state index is 12.6. The van der Waals surface area contributed by atoms with Crippen LogP contribution in [0.25, 0.3) is 0 Å². The zero-order valence-corrected chi connectivity index (χ0v) is 16.3. The molecule has 2 heterocycles. The SMILES string of the molecule is CN(CCN1CC2CCC(CC2)C1)C(=O)C[C@@H](Cc1ccccc1)C(=O)O. The van der Waals surface area contributed by atoms with Crippen molar-refractivity contribution in [2.45, 2.75) is 38.5 Å². The van der Waals surface area contributed by atoms with Gasteiger partial charge in [-0.1, -0.05) is 30.3 Å². The van der Waals surface area contributed by atoms with Gasteiger partial charge in [-0.05, 0) is 49.5 Å². The van der Waals surface area contributed by atoms with Gasteiger partial charge in [-0.2, -0.15) is 0 Å². The Hall–Kier alpha value is -1.88. The zero-order valence-electron chi connectivity index (χ0n) is 16.3. The summed E-state index contributed by atoms with van der Waals surface area (Å²) in [4.78, 5) is 28.4. The molecule has 5 heteroatoms. The van der Waals surface area contributed by atoms with E-state index >= 15 is 0 Å². The predicted molar refractivity (Wildman–Crippen MR) is 105 cm³/mol. The van der Waals surface area contributed by atoms with E-state index < -0.39 is 11.9 Å². The number of benzene rings is 1. The van der Waals surface area contributed by atoms with Crippen molar-refractivity contribution < 1.29 is 14.7 Å². The number of amides is 1. The van der Waals surface area contributed by atoms with Gasteiger partial charge in [-0.15, -0.1) is 0 Å². The van der Waals surface area contributed by atoms with E-state index in [1.807, 2.05) is 30.3 Å². The molecule has 0 spiro atoms. The molecular weight excluding hydrogens is 340 g/mol. The van der Waals surface area contributed by atoms with Gasteiger partial charge in [0.25, 0.3) is 0 Å². The summed E-state index contributed by atoms with van der Waals surface area (Å²) in [5.74, 6) is 0.0104. The fraction of sp³-hybridized carbons (Fsp3) is 0.636. The third-order valence-electron chi connectivity index (χ3n) is 6.27. The molecule has 1 saturated carbocycles. The maximum atomic E-state index is 12.6. The first kappa shape index (κ1) is 19.9. The summed E-state index contributed by atoms with van der Waals surface area (Å²) >= 11 is 0. The average Bonchev–Trinajstić information content (AvgIpc) is 2.99. The van der Waals surface area contributed by atoms with Crippen molar-refractivity contribution in [2.75, 3.05) is 33.2 Å². The molecule has 2 aliphatic heterocycles. The highest BCUT2D eigenvalue weighted by Crippen LogP contribution is 2.33. The number of carboxylic acids is 1. The molecule has 3 fully saturated rings. The van der Waals surface area contributed by atoms with Gasteiger partial charge < -0.3 is 14.9 Å². The summed E-state index contributed by atoms with van der Waals surface area (Å²) in [6, 6.07) is 9.54. The van der Waals surface area contributed by atoms with E-state index in [0.717, 1.165) is 37.0 Å². The summed E-state index contributed by atoms with van der Waals surface area (Å²) < 4.78 is 0. The van der Waals surface area contributed by atoms with Crippen molar-refractivity contribution in [1.82, 2.24) is 9.80 Å². The Morgan fingerprint density at radius 1 is 1.11 bits per heavy atom. The van der Waals surface area contributed by atoms with Crippen LogP contribution in [0, 0.1) is 17.8 Å². The zero-order chi connectivity index (χ0) is 19.2. The second-order valence-corrected chi connectivity index (χ2v) is 8.39. The summed E-state index contributed by atoms with van der Waals surface area (Å²) in [7, 11) is 1.80. The van der Waals surface area contributed by atoms with E-state index in [2.05, 4.69) is 4.90 Å². The second kappa shape index (κ2) is 9.36. The number of carbonyl (C=O) groups excluding carboxylic acids is 1. The van der Waals surface area contributed by atoms with Crippen LogP contribution in [0.2, 0.25) is 0 Å². The highest BCUT2D eigenvalue weighted by atomic mass is 16.4. The van der Waals surface area contributed by atoms with Crippen molar-refractivity contribution >= 4 is 11.9 Å². The minimum absolute atomic E-state index is 0.0615. The van der Waals surface area contributed by atoms with Crippen LogP contribution >= 0.6 is 0 Å². The maximum Gasteiger partial charge on any atom is 0.307 e. The number of carbonyl (C=O) groups is 2. The van der Waals surface area contributed by atoms with E-state index in [1.54, 1.807) is 11.9 Å². The minimum Gasteiger partial charge on any atom is -0.481 e. The van der Waals surface area contributed by atoms with Gasteiger partial charge in [0.2, 0.25) is 5.91 Å². The first-order valence-electron chi connectivity index (χ1n) is 10.2. The Morgan fingerprint density at radius 2 is 1.70 bits per heavy atom. The quantitative estimate of drug-likeness (QED) is 0.762. The number of hydrogen-bond acceptors (Lipinski definition) is 3. The van der Waals surface area contributed by atoms with Crippen LogP contribution in [-0.2, 0) is 16.0 Å². The Bertz CT molecular complexity index is 612. The van der Waals surface area contributed by atoms with E-state index in [-0.39, 0.29) is 12.3 Å². The molecule has 1 aromatic rings. The van der Waals surface area contributed by atoms with Gasteiger partial charge in [0.1, 0.15) is 0 Å². The number of likely N-dealkylation sites (N-methyl/N-ethyl adjacent to an activating group) is 1. The monoisotopic (exact) mass is 372 g/mol. The van der Waals surface area contributed by atoms with Crippen molar-refractivity contribution in [1.29, 1.82) is 0 Å². The molecule has 4 rings (SSSR count). The van der Waals surface area contributed by atoms with E-state index in [4.69, 9.17) is 0 Å². The van der Waals surface area contributed by atoms with Crippen LogP contribution in [-0.4, -0.2) is 60.0 Å². The molecule has 5 nitrogen and oxygen atoms in total. The fourth-order valence-corrected chi connectivity index (χ4v) is 4.51. The van der Waals surface area contributed by atoms with Crippen LogP contribution in [0.4, 0.5) is 0 Å². The number of carboxylic acid groups (broad SMARTS) is 1. The molecule has 1 aliphatic carbocycles. The molecule has 3 aliphatic rings. The summed E-state index contributed by atoms with van der Waals surface area (Å²) in [6.07, 6.45) is 5.88. The highest BCUT2D eigenvalue weighted by Gasteiger charge is 2.29. The van der Waals surface area contributed by atoms with Crippen molar-refractivity contribution in [3.8, 4) is 0 Å². The molecule has 0 unspecified atom stereocenters. The second-order valence-electron chi connectivity index (χ2n) is 8.39. The number of rotatable bonds is 8. The first-order chi connectivity index (χ1) is 13.0. The van der Waals surface area contributed by atoms with Crippen molar-refractivity contribution in [3.05, 3.63) is 35.9 Å². The lowest BCUT2D eigenvalue weighted by atomic mass is 9.84. The predicted octanol–water partition coefficient (Wildman–Crippen LogP) is 2.90. The molecular formula is C22H32N2O3. The van der Waals surface area contributed by atoms with Crippen LogP contribution in [0.5, 0.6) is 0 Å².